The van der Waals surface area contributed by atoms with Gasteiger partial charge in [0.15, 0.2) is 0 Å². The van der Waals surface area contributed by atoms with E-state index in [1.165, 1.54) is 43.4 Å². The molecule has 1 heterocycles. The van der Waals surface area contributed by atoms with Crippen LogP contribution in [0.3, 0.4) is 0 Å². The Morgan fingerprint density at radius 2 is 0.920 bits per heavy atom. The van der Waals surface area contributed by atoms with Gasteiger partial charge in [-0.3, -0.25) is 0 Å². The van der Waals surface area contributed by atoms with Crippen molar-refractivity contribution < 1.29 is 4.42 Å². The molecule has 2 nitrogen and oxygen atoms in total. The Bertz CT molecular complexity index is 2870. The molecule has 0 spiro atoms. The second-order valence-electron chi connectivity index (χ2n) is 12.9. The average molecular weight is 638 g/mol. The molecule has 0 fully saturated rings. The van der Waals surface area contributed by atoms with E-state index in [0.717, 1.165) is 50.1 Å². The van der Waals surface area contributed by atoms with Gasteiger partial charge in [-0.1, -0.05) is 140 Å². The standard InChI is InChI=1S/C48H31NO/c1-2-12-32(13-3-1)33-22-25-38(26-23-33)49(46-30-36-16-6-7-17-39(36)41-19-8-9-20-42(41)46)45-21-11-10-18-40(45)37-24-27-47-43(29-37)44-28-34-14-4-5-15-35(34)31-48(44)50-47/h1-31H. The lowest BCUT2D eigenvalue weighted by Gasteiger charge is -2.29. The molecule has 0 atom stereocenters. The molecule has 0 aliphatic rings. The second-order valence-corrected chi connectivity index (χ2v) is 12.9. The van der Waals surface area contributed by atoms with Crippen molar-refractivity contribution in [3.8, 4) is 22.3 Å². The molecule has 234 valence electrons. The predicted molar refractivity (Wildman–Crippen MR) is 212 cm³/mol. The van der Waals surface area contributed by atoms with Gasteiger partial charge < -0.3 is 9.32 Å². The number of para-hydroxylation sites is 1. The van der Waals surface area contributed by atoms with Crippen LogP contribution in [0.25, 0.3) is 76.5 Å². The first-order chi connectivity index (χ1) is 24.8. The number of furan rings is 1. The van der Waals surface area contributed by atoms with Crippen LogP contribution in [0.4, 0.5) is 17.1 Å². The monoisotopic (exact) mass is 637 g/mol. The SMILES string of the molecule is c1ccc(-c2ccc(N(c3ccccc3-c3ccc4oc5cc6ccccc6cc5c4c3)c3cc4ccccc4c4ccccc34)cc2)cc1. The lowest BCUT2D eigenvalue weighted by molar-refractivity contribution is 0.669. The fraction of sp³-hybridized carbons (Fsp3) is 0. The molecule has 0 saturated heterocycles. The van der Waals surface area contributed by atoms with Gasteiger partial charge in [0.25, 0.3) is 0 Å². The van der Waals surface area contributed by atoms with Gasteiger partial charge in [-0.2, -0.15) is 0 Å². The van der Waals surface area contributed by atoms with Gasteiger partial charge in [-0.15, -0.1) is 0 Å². The summed E-state index contributed by atoms with van der Waals surface area (Å²) in [7, 11) is 0. The van der Waals surface area contributed by atoms with Crippen molar-refractivity contribution in [3.05, 3.63) is 188 Å². The molecular formula is C48H31NO. The highest BCUT2D eigenvalue weighted by atomic mass is 16.3. The van der Waals surface area contributed by atoms with E-state index in [4.69, 9.17) is 4.42 Å². The highest BCUT2D eigenvalue weighted by Crippen LogP contribution is 2.46. The Morgan fingerprint density at radius 3 is 1.74 bits per heavy atom. The number of fused-ring (bicyclic) bond motifs is 7. The van der Waals surface area contributed by atoms with E-state index in [1.54, 1.807) is 0 Å². The summed E-state index contributed by atoms with van der Waals surface area (Å²) in [5.41, 5.74) is 9.83. The Morgan fingerprint density at radius 1 is 0.320 bits per heavy atom. The summed E-state index contributed by atoms with van der Waals surface area (Å²) in [5.74, 6) is 0. The van der Waals surface area contributed by atoms with E-state index in [2.05, 4.69) is 193 Å². The van der Waals surface area contributed by atoms with E-state index >= 15 is 0 Å². The van der Waals surface area contributed by atoms with Crippen LogP contribution in [0.15, 0.2) is 192 Å². The summed E-state index contributed by atoms with van der Waals surface area (Å²) in [4.78, 5) is 2.43. The van der Waals surface area contributed by atoms with Crippen LogP contribution in [-0.2, 0) is 0 Å². The van der Waals surface area contributed by atoms with Crippen molar-refractivity contribution in [2.45, 2.75) is 0 Å². The largest absolute Gasteiger partial charge is 0.456 e. The molecule has 50 heavy (non-hydrogen) atoms. The molecule has 0 N–H and O–H groups in total. The topological polar surface area (TPSA) is 16.4 Å². The molecular weight excluding hydrogens is 607 g/mol. The molecule has 1 aromatic heterocycles. The van der Waals surface area contributed by atoms with Gasteiger partial charge >= 0.3 is 0 Å². The van der Waals surface area contributed by atoms with Crippen LogP contribution in [0, 0.1) is 0 Å². The molecule has 0 radical (unpaired) electrons. The maximum Gasteiger partial charge on any atom is 0.136 e. The summed E-state index contributed by atoms with van der Waals surface area (Å²) in [6.45, 7) is 0. The summed E-state index contributed by atoms with van der Waals surface area (Å²) >= 11 is 0. The van der Waals surface area contributed by atoms with Crippen LogP contribution >= 0.6 is 0 Å². The number of hydrogen-bond donors (Lipinski definition) is 0. The highest BCUT2D eigenvalue weighted by Gasteiger charge is 2.21. The fourth-order valence-electron chi connectivity index (χ4n) is 7.60. The third-order valence-corrected chi connectivity index (χ3v) is 10.0. The van der Waals surface area contributed by atoms with Crippen molar-refractivity contribution in [1.29, 1.82) is 0 Å². The highest BCUT2D eigenvalue weighted by molar-refractivity contribution is 6.15. The molecule has 9 aromatic carbocycles. The minimum atomic E-state index is 0.894. The average Bonchev–Trinajstić information content (AvgIpc) is 3.54. The van der Waals surface area contributed by atoms with Gasteiger partial charge in [-0.05, 0) is 92.2 Å². The molecule has 0 unspecified atom stereocenters. The molecule has 0 amide bonds. The molecule has 10 aromatic rings. The number of anilines is 3. The predicted octanol–water partition coefficient (Wildman–Crippen LogP) is 13.8. The van der Waals surface area contributed by atoms with E-state index in [1.807, 2.05) is 0 Å². The zero-order valence-electron chi connectivity index (χ0n) is 27.3. The number of rotatable bonds is 5. The lowest BCUT2D eigenvalue weighted by Crippen LogP contribution is -2.12. The van der Waals surface area contributed by atoms with Crippen molar-refractivity contribution in [3.63, 3.8) is 0 Å². The van der Waals surface area contributed by atoms with E-state index in [-0.39, 0.29) is 0 Å². The zero-order chi connectivity index (χ0) is 33.0. The number of nitrogens with zero attached hydrogens (tertiary/aromatic N) is 1. The van der Waals surface area contributed by atoms with Crippen LogP contribution < -0.4 is 4.90 Å². The molecule has 0 saturated carbocycles. The summed E-state index contributed by atoms with van der Waals surface area (Å²) < 4.78 is 6.39. The first kappa shape index (κ1) is 28.4. The van der Waals surface area contributed by atoms with Crippen molar-refractivity contribution in [2.75, 3.05) is 4.90 Å². The van der Waals surface area contributed by atoms with Gasteiger partial charge in [0.2, 0.25) is 0 Å². The van der Waals surface area contributed by atoms with E-state index in [9.17, 15) is 0 Å². The fourth-order valence-corrected chi connectivity index (χ4v) is 7.60. The van der Waals surface area contributed by atoms with Crippen LogP contribution in [0.5, 0.6) is 0 Å². The first-order valence-corrected chi connectivity index (χ1v) is 17.1. The number of hydrogen-bond acceptors (Lipinski definition) is 2. The van der Waals surface area contributed by atoms with Crippen LogP contribution in [-0.4, -0.2) is 0 Å². The minimum absolute atomic E-state index is 0.894. The summed E-state index contributed by atoms with van der Waals surface area (Å²) in [5, 5.41) is 9.55. The maximum atomic E-state index is 6.39. The van der Waals surface area contributed by atoms with Crippen LogP contribution in [0.1, 0.15) is 0 Å². The van der Waals surface area contributed by atoms with E-state index in [0.29, 0.717) is 0 Å². The normalized spacial score (nSPS) is 11.6. The lowest BCUT2D eigenvalue weighted by atomic mass is 9.96. The van der Waals surface area contributed by atoms with Crippen molar-refractivity contribution in [2.24, 2.45) is 0 Å². The van der Waals surface area contributed by atoms with Gasteiger partial charge in [-0.25, -0.2) is 0 Å². The number of benzene rings is 9. The Hall–Kier alpha value is -6.64. The quantitative estimate of drug-likeness (QED) is 0.175. The van der Waals surface area contributed by atoms with Crippen molar-refractivity contribution >= 4 is 71.3 Å². The van der Waals surface area contributed by atoms with Crippen molar-refractivity contribution in [1.82, 2.24) is 0 Å². The Kier molecular flexibility index (Phi) is 6.53. The third kappa shape index (κ3) is 4.65. The molecule has 10 rings (SSSR count). The summed E-state index contributed by atoms with van der Waals surface area (Å²) in [6.07, 6.45) is 0. The molecule has 0 aliphatic heterocycles. The van der Waals surface area contributed by atoms with E-state index < -0.39 is 0 Å². The van der Waals surface area contributed by atoms with Gasteiger partial charge in [0, 0.05) is 27.4 Å². The van der Waals surface area contributed by atoms with Gasteiger partial charge in [0.1, 0.15) is 11.2 Å². The van der Waals surface area contributed by atoms with Gasteiger partial charge in [0.05, 0.1) is 11.4 Å². The van der Waals surface area contributed by atoms with Crippen LogP contribution in [0.2, 0.25) is 0 Å². The Balaban J connectivity index is 1.21. The zero-order valence-corrected chi connectivity index (χ0v) is 27.3. The second kappa shape index (κ2) is 11.5. The summed E-state index contributed by atoms with van der Waals surface area (Å²) in [6, 6.07) is 67.6. The first-order valence-electron chi connectivity index (χ1n) is 17.1. The molecule has 0 bridgehead atoms. The third-order valence-electron chi connectivity index (χ3n) is 10.0. The minimum Gasteiger partial charge on any atom is -0.456 e. The molecule has 0 aliphatic carbocycles. The maximum absolute atomic E-state index is 6.39. The Labute approximate surface area is 290 Å². The smallest absolute Gasteiger partial charge is 0.136 e. The molecule has 2 heteroatoms.